The number of fused-ring (bicyclic) bond motifs is 3. The summed E-state index contributed by atoms with van der Waals surface area (Å²) in [5.41, 5.74) is 2.65. The molecule has 1 amide bonds. The molecule has 0 aliphatic carbocycles. The van der Waals surface area contributed by atoms with Crippen LogP contribution in [0, 0.1) is 6.92 Å². The molecule has 1 saturated heterocycles. The highest BCUT2D eigenvalue weighted by Gasteiger charge is 2.23. The van der Waals surface area contributed by atoms with Crippen molar-refractivity contribution in [2.45, 2.75) is 37.6 Å². The summed E-state index contributed by atoms with van der Waals surface area (Å²) in [6.07, 6.45) is 1.78. The standard InChI is InChI=1S/C24H22ClN3O4S/c1-14-8-9-15(25)11-18(14)26-20(29)13-33-24-27-21-17-6-2-3-7-19(17)32-22(21)23(30)28(24)12-16-5-4-10-31-16/h2-3,6-9,11,16H,4-5,10,12-13H2,1H3,(H,26,29). The average Bonchev–Trinajstić information content (AvgIpc) is 3.45. The van der Waals surface area contributed by atoms with E-state index in [1.807, 2.05) is 37.3 Å². The van der Waals surface area contributed by atoms with Crippen LogP contribution >= 0.6 is 23.4 Å². The summed E-state index contributed by atoms with van der Waals surface area (Å²) in [6, 6.07) is 12.8. The third-order valence-corrected chi connectivity index (χ3v) is 6.87. The maximum absolute atomic E-state index is 13.4. The number of benzene rings is 2. The number of hydrogen-bond acceptors (Lipinski definition) is 6. The fourth-order valence-corrected chi connectivity index (χ4v) is 4.94. The minimum atomic E-state index is -0.264. The Morgan fingerprint density at radius 1 is 1.30 bits per heavy atom. The predicted molar refractivity (Wildman–Crippen MR) is 130 cm³/mol. The smallest absolute Gasteiger partial charge is 0.297 e. The first kappa shape index (κ1) is 22.0. The molecule has 1 aliphatic rings. The molecular weight excluding hydrogens is 462 g/mol. The van der Waals surface area contributed by atoms with E-state index in [1.165, 1.54) is 11.8 Å². The molecule has 0 saturated carbocycles. The van der Waals surface area contributed by atoms with Crippen molar-refractivity contribution in [3.63, 3.8) is 0 Å². The van der Waals surface area contributed by atoms with Crippen LogP contribution < -0.4 is 10.9 Å². The molecule has 2 aromatic carbocycles. The van der Waals surface area contributed by atoms with Gasteiger partial charge >= 0.3 is 0 Å². The predicted octanol–water partition coefficient (Wildman–Crippen LogP) is 5.01. The number of ether oxygens (including phenoxy) is 1. The van der Waals surface area contributed by atoms with Gasteiger partial charge in [0, 0.05) is 22.7 Å². The molecule has 7 nitrogen and oxygen atoms in total. The Bertz CT molecular complexity index is 1410. The van der Waals surface area contributed by atoms with E-state index < -0.39 is 0 Å². The number of halogens is 1. The molecule has 1 fully saturated rings. The van der Waals surface area contributed by atoms with Crippen molar-refractivity contribution in [1.29, 1.82) is 0 Å². The summed E-state index contributed by atoms with van der Waals surface area (Å²) < 4.78 is 13.2. The van der Waals surface area contributed by atoms with Crippen LogP contribution in [0.2, 0.25) is 5.02 Å². The summed E-state index contributed by atoms with van der Waals surface area (Å²) in [5, 5.41) is 4.67. The first-order chi connectivity index (χ1) is 16.0. The third kappa shape index (κ3) is 4.51. The van der Waals surface area contributed by atoms with E-state index in [1.54, 1.807) is 16.7 Å². The van der Waals surface area contributed by atoms with Crippen LogP contribution in [-0.4, -0.2) is 33.9 Å². The van der Waals surface area contributed by atoms with Gasteiger partial charge in [0.15, 0.2) is 5.16 Å². The van der Waals surface area contributed by atoms with Crippen LogP contribution in [0.4, 0.5) is 5.69 Å². The van der Waals surface area contributed by atoms with E-state index in [0.717, 1.165) is 23.8 Å². The largest absolute Gasteiger partial charge is 0.448 e. The zero-order valence-electron chi connectivity index (χ0n) is 18.0. The van der Waals surface area contributed by atoms with Gasteiger partial charge in [-0.3, -0.25) is 14.2 Å². The van der Waals surface area contributed by atoms with Gasteiger partial charge in [0.2, 0.25) is 11.5 Å². The third-order valence-electron chi connectivity index (χ3n) is 5.66. The number of anilines is 1. The van der Waals surface area contributed by atoms with Gasteiger partial charge < -0.3 is 14.5 Å². The van der Waals surface area contributed by atoms with Crippen molar-refractivity contribution >= 4 is 57.0 Å². The van der Waals surface area contributed by atoms with Crippen LogP contribution in [-0.2, 0) is 16.1 Å². The lowest BCUT2D eigenvalue weighted by Crippen LogP contribution is -2.29. The van der Waals surface area contributed by atoms with Crippen molar-refractivity contribution in [2.24, 2.45) is 0 Å². The average molecular weight is 484 g/mol. The number of carbonyl (C=O) groups is 1. The molecule has 1 atom stereocenters. The summed E-state index contributed by atoms with van der Waals surface area (Å²) >= 11 is 7.28. The van der Waals surface area contributed by atoms with Crippen LogP contribution in [0.5, 0.6) is 0 Å². The second-order valence-electron chi connectivity index (χ2n) is 8.02. The number of amides is 1. The van der Waals surface area contributed by atoms with Crippen molar-refractivity contribution in [3.8, 4) is 0 Å². The fraction of sp³-hybridized carbons (Fsp3) is 0.292. The first-order valence-electron chi connectivity index (χ1n) is 10.7. The SMILES string of the molecule is Cc1ccc(Cl)cc1NC(=O)CSc1nc2c(oc3ccccc32)c(=O)n1CC1CCCO1. The van der Waals surface area contributed by atoms with Gasteiger partial charge in [0.1, 0.15) is 11.1 Å². The number of thioether (sulfide) groups is 1. The van der Waals surface area contributed by atoms with E-state index in [4.69, 9.17) is 25.7 Å². The molecule has 3 heterocycles. The molecule has 0 bridgehead atoms. The number of rotatable bonds is 6. The van der Waals surface area contributed by atoms with E-state index in [0.29, 0.717) is 40.1 Å². The quantitative estimate of drug-likeness (QED) is 0.306. The summed E-state index contributed by atoms with van der Waals surface area (Å²) in [6.45, 7) is 2.96. The summed E-state index contributed by atoms with van der Waals surface area (Å²) in [4.78, 5) is 30.8. The number of furan rings is 1. The Labute approximate surface area is 199 Å². The second-order valence-corrected chi connectivity index (χ2v) is 9.40. The van der Waals surface area contributed by atoms with E-state index in [2.05, 4.69) is 5.32 Å². The summed E-state index contributed by atoms with van der Waals surface area (Å²) in [7, 11) is 0. The van der Waals surface area contributed by atoms with E-state index >= 15 is 0 Å². The molecule has 0 spiro atoms. The lowest BCUT2D eigenvalue weighted by Gasteiger charge is -2.15. The number of para-hydroxylation sites is 1. The van der Waals surface area contributed by atoms with Gasteiger partial charge in [0.05, 0.1) is 18.4 Å². The maximum atomic E-state index is 13.4. The molecule has 33 heavy (non-hydrogen) atoms. The van der Waals surface area contributed by atoms with Gasteiger partial charge in [-0.15, -0.1) is 0 Å². The molecule has 4 aromatic rings. The lowest BCUT2D eigenvalue weighted by atomic mass is 10.2. The number of nitrogens with one attached hydrogen (secondary N) is 1. The Kier molecular flexibility index (Phi) is 6.14. The van der Waals surface area contributed by atoms with Crippen LogP contribution in [0.25, 0.3) is 22.1 Å². The minimum Gasteiger partial charge on any atom is -0.448 e. The van der Waals surface area contributed by atoms with Gasteiger partial charge in [-0.25, -0.2) is 4.98 Å². The molecule has 1 N–H and O–H groups in total. The Morgan fingerprint density at radius 3 is 2.97 bits per heavy atom. The van der Waals surface area contributed by atoms with Crippen molar-refractivity contribution in [3.05, 3.63) is 63.4 Å². The zero-order chi connectivity index (χ0) is 22.9. The first-order valence-corrected chi connectivity index (χ1v) is 12.1. The fourth-order valence-electron chi connectivity index (χ4n) is 3.96. The van der Waals surface area contributed by atoms with Gasteiger partial charge in [-0.2, -0.15) is 0 Å². The normalized spacial score (nSPS) is 16.0. The highest BCUT2D eigenvalue weighted by atomic mass is 35.5. The number of carbonyl (C=O) groups excluding carboxylic acids is 1. The molecular formula is C24H22ClN3O4S. The van der Waals surface area contributed by atoms with Gasteiger partial charge in [-0.05, 0) is 49.6 Å². The molecule has 170 valence electrons. The highest BCUT2D eigenvalue weighted by molar-refractivity contribution is 7.99. The van der Waals surface area contributed by atoms with Crippen LogP contribution in [0.3, 0.4) is 0 Å². The van der Waals surface area contributed by atoms with Crippen LogP contribution in [0.15, 0.2) is 56.8 Å². The summed E-state index contributed by atoms with van der Waals surface area (Å²) in [5.74, 6) is -0.119. The lowest BCUT2D eigenvalue weighted by molar-refractivity contribution is -0.113. The highest BCUT2D eigenvalue weighted by Crippen LogP contribution is 2.28. The topological polar surface area (TPSA) is 86.4 Å². The van der Waals surface area contributed by atoms with Gasteiger partial charge in [-0.1, -0.05) is 41.6 Å². The number of nitrogens with zero attached hydrogens (tertiary/aromatic N) is 2. The number of aryl methyl sites for hydroxylation is 1. The Morgan fingerprint density at radius 2 is 2.15 bits per heavy atom. The van der Waals surface area contributed by atoms with Crippen molar-refractivity contribution < 1.29 is 13.9 Å². The molecule has 2 aromatic heterocycles. The van der Waals surface area contributed by atoms with Crippen LogP contribution in [0.1, 0.15) is 18.4 Å². The number of hydrogen-bond donors (Lipinski definition) is 1. The van der Waals surface area contributed by atoms with E-state index in [9.17, 15) is 9.59 Å². The minimum absolute atomic E-state index is 0.0615. The Hall–Kier alpha value is -2.81. The molecule has 1 aliphatic heterocycles. The molecule has 9 heteroatoms. The van der Waals surface area contributed by atoms with Gasteiger partial charge in [0.25, 0.3) is 5.56 Å². The monoisotopic (exact) mass is 483 g/mol. The molecule has 5 rings (SSSR count). The number of aromatic nitrogens is 2. The second kappa shape index (κ2) is 9.21. The zero-order valence-corrected chi connectivity index (χ0v) is 19.5. The van der Waals surface area contributed by atoms with E-state index in [-0.39, 0.29) is 28.9 Å². The Balaban J connectivity index is 1.47. The van der Waals surface area contributed by atoms with Crippen molar-refractivity contribution in [2.75, 3.05) is 17.7 Å². The maximum Gasteiger partial charge on any atom is 0.297 e. The van der Waals surface area contributed by atoms with Crippen molar-refractivity contribution in [1.82, 2.24) is 9.55 Å². The molecule has 0 radical (unpaired) electrons. The molecule has 1 unspecified atom stereocenters.